The molecule has 2 saturated heterocycles. The molecule has 2 aliphatic rings. The van der Waals surface area contributed by atoms with E-state index in [1.54, 1.807) is 0 Å². The van der Waals surface area contributed by atoms with E-state index in [2.05, 4.69) is 10.4 Å². The number of nitrogens with one attached hydrogen (secondary N) is 1. The van der Waals surface area contributed by atoms with Crippen LogP contribution in [0.1, 0.15) is 41.0 Å². The number of aryl methyl sites for hydroxylation is 1. The van der Waals surface area contributed by atoms with Crippen LogP contribution in [0.5, 0.6) is 0 Å². The van der Waals surface area contributed by atoms with Crippen LogP contribution < -0.4 is 5.32 Å². The molecular weight excluding hydrogens is 300 g/mol. The number of hydrogen-bond donors (Lipinski definition) is 1. The monoisotopic (exact) mass is 324 g/mol. The van der Waals surface area contributed by atoms with Gasteiger partial charge in [0.1, 0.15) is 0 Å². The van der Waals surface area contributed by atoms with Gasteiger partial charge in [-0.25, -0.2) is 4.68 Å². The Hall–Kier alpha value is -2.14. The number of carbonyl (C=O) groups excluding carboxylic acids is 1. The summed E-state index contributed by atoms with van der Waals surface area (Å²) in [6.07, 6.45) is 3.47. The predicted octanol–water partition coefficient (Wildman–Crippen LogP) is 2.46. The van der Waals surface area contributed by atoms with E-state index in [-0.39, 0.29) is 5.91 Å². The molecule has 0 radical (unpaired) electrons. The molecule has 1 amide bonds. The largest absolute Gasteiger partial charge is 0.337 e. The minimum atomic E-state index is 0.126. The molecule has 1 N–H and O–H groups in total. The molecule has 4 rings (SSSR count). The van der Waals surface area contributed by atoms with Gasteiger partial charge in [0.2, 0.25) is 0 Å². The second-order valence-corrected chi connectivity index (χ2v) is 6.97. The highest BCUT2D eigenvalue weighted by atomic mass is 16.2. The molecule has 0 aliphatic carbocycles. The molecule has 2 atom stereocenters. The molecule has 5 nitrogen and oxygen atoms in total. The number of aromatic nitrogens is 2. The Morgan fingerprint density at radius 1 is 1.12 bits per heavy atom. The van der Waals surface area contributed by atoms with Crippen LogP contribution in [-0.4, -0.2) is 45.8 Å². The first kappa shape index (κ1) is 15.4. The fourth-order valence-corrected chi connectivity index (χ4v) is 4.06. The molecule has 126 valence electrons. The maximum atomic E-state index is 13.2. The Bertz CT molecular complexity index is 752. The first-order chi connectivity index (χ1) is 11.6. The van der Waals surface area contributed by atoms with E-state index in [0.717, 1.165) is 42.1 Å². The molecule has 0 saturated carbocycles. The molecule has 2 fully saturated rings. The number of nitrogens with zero attached hydrogens (tertiary/aromatic N) is 3. The standard InChI is InChI=1S/C19H24N4O/c1-13-18(14(2)23(21-13)17-6-4-3-5-7-17)19(24)22-11-10-15-8-9-16(12-22)20-15/h3-7,15-16,20H,8-12H2,1-2H3. The summed E-state index contributed by atoms with van der Waals surface area (Å²) in [4.78, 5) is 15.2. The van der Waals surface area contributed by atoms with E-state index in [4.69, 9.17) is 0 Å². The summed E-state index contributed by atoms with van der Waals surface area (Å²) < 4.78 is 1.88. The highest BCUT2D eigenvalue weighted by Crippen LogP contribution is 2.24. The third kappa shape index (κ3) is 2.63. The maximum Gasteiger partial charge on any atom is 0.257 e. The van der Waals surface area contributed by atoms with Crippen LogP contribution in [0.15, 0.2) is 30.3 Å². The predicted molar refractivity (Wildman–Crippen MR) is 93.5 cm³/mol. The van der Waals surface area contributed by atoms with Gasteiger partial charge in [-0.3, -0.25) is 4.79 Å². The molecule has 24 heavy (non-hydrogen) atoms. The Balaban J connectivity index is 1.64. The van der Waals surface area contributed by atoms with Crippen molar-refractivity contribution in [3.8, 4) is 5.69 Å². The molecule has 2 bridgehead atoms. The van der Waals surface area contributed by atoms with Gasteiger partial charge in [-0.1, -0.05) is 18.2 Å². The summed E-state index contributed by atoms with van der Waals surface area (Å²) in [6.45, 7) is 5.57. The number of carbonyl (C=O) groups is 1. The molecule has 1 aromatic carbocycles. The average Bonchev–Trinajstić information content (AvgIpc) is 3.06. The molecule has 2 aromatic rings. The lowest BCUT2D eigenvalue weighted by Gasteiger charge is -2.24. The van der Waals surface area contributed by atoms with Crippen molar-refractivity contribution in [1.29, 1.82) is 0 Å². The minimum absolute atomic E-state index is 0.126. The van der Waals surface area contributed by atoms with E-state index >= 15 is 0 Å². The van der Waals surface area contributed by atoms with Gasteiger partial charge < -0.3 is 10.2 Å². The van der Waals surface area contributed by atoms with Crippen molar-refractivity contribution in [2.24, 2.45) is 0 Å². The SMILES string of the molecule is Cc1nn(-c2ccccc2)c(C)c1C(=O)N1CCC2CCC(C1)N2. The third-order valence-corrected chi connectivity index (χ3v) is 5.32. The lowest BCUT2D eigenvalue weighted by Crippen LogP contribution is -2.39. The molecular formula is C19H24N4O. The van der Waals surface area contributed by atoms with Crippen LogP contribution in [0, 0.1) is 13.8 Å². The number of benzene rings is 1. The van der Waals surface area contributed by atoms with Crippen LogP contribution >= 0.6 is 0 Å². The normalized spacial score (nSPS) is 23.3. The summed E-state index contributed by atoms with van der Waals surface area (Å²) >= 11 is 0. The summed E-state index contributed by atoms with van der Waals surface area (Å²) in [6, 6.07) is 11.0. The first-order valence-corrected chi connectivity index (χ1v) is 8.80. The molecule has 2 aliphatic heterocycles. The van der Waals surface area contributed by atoms with E-state index in [1.807, 2.05) is 53.8 Å². The summed E-state index contributed by atoms with van der Waals surface area (Å²) in [5.41, 5.74) is 3.49. The van der Waals surface area contributed by atoms with Crippen molar-refractivity contribution in [2.45, 2.75) is 45.2 Å². The van der Waals surface area contributed by atoms with Crippen LogP contribution in [0.2, 0.25) is 0 Å². The maximum absolute atomic E-state index is 13.2. The van der Waals surface area contributed by atoms with Gasteiger partial charge in [0.15, 0.2) is 0 Å². The van der Waals surface area contributed by atoms with E-state index in [9.17, 15) is 4.79 Å². The average molecular weight is 324 g/mol. The number of amides is 1. The Morgan fingerprint density at radius 3 is 2.67 bits per heavy atom. The van der Waals surface area contributed by atoms with Crippen LogP contribution in [0.3, 0.4) is 0 Å². The minimum Gasteiger partial charge on any atom is -0.337 e. The van der Waals surface area contributed by atoms with Crippen molar-refractivity contribution in [3.05, 3.63) is 47.3 Å². The molecule has 0 spiro atoms. The lowest BCUT2D eigenvalue weighted by atomic mass is 10.1. The third-order valence-electron chi connectivity index (χ3n) is 5.32. The highest BCUT2D eigenvalue weighted by molar-refractivity contribution is 5.96. The van der Waals surface area contributed by atoms with E-state index in [0.29, 0.717) is 12.1 Å². The van der Waals surface area contributed by atoms with Crippen LogP contribution in [0.4, 0.5) is 0 Å². The van der Waals surface area contributed by atoms with Gasteiger partial charge in [0, 0.05) is 25.2 Å². The Morgan fingerprint density at radius 2 is 1.88 bits per heavy atom. The zero-order chi connectivity index (χ0) is 16.7. The number of rotatable bonds is 2. The second-order valence-electron chi connectivity index (χ2n) is 6.97. The quantitative estimate of drug-likeness (QED) is 0.923. The molecule has 1 aromatic heterocycles. The van der Waals surface area contributed by atoms with E-state index in [1.165, 1.54) is 12.8 Å². The molecule has 3 heterocycles. The zero-order valence-electron chi connectivity index (χ0n) is 14.3. The number of hydrogen-bond acceptors (Lipinski definition) is 3. The first-order valence-electron chi connectivity index (χ1n) is 8.80. The van der Waals surface area contributed by atoms with Crippen molar-refractivity contribution in [1.82, 2.24) is 20.0 Å². The van der Waals surface area contributed by atoms with E-state index < -0.39 is 0 Å². The number of likely N-dealkylation sites (tertiary alicyclic amines) is 1. The van der Waals surface area contributed by atoms with Gasteiger partial charge >= 0.3 is 0 Å². The summed E-state index contributed by atoms with van der Waals surface area (Å²) in [7, 11) is 0. The zero-order valence-corrected chi connectivity index (χ0v) is 14.3. The fourth-order valence-electron chi connectivity index (χ4n) is 4.06. The summed E-state index contributed by atoms with van der Waals surface area (Å²) in [5.74, 6) is 0.126. The number of fused-ring (bicyclic) bond motifs is 2. The highest BCUT2D eigenvalue weighted by Gasteiger charge is 2.33. The van der Waals surface area contributed by atoms with Gasteiger partial charge in [0.25, 0.3) is 5.91 Å². The second kappa shape index (κ2) is 6.06. The van der Waals surface area contributed by atoms with Crippen molar-refractivity contribution >= 4 is 5.91 Å². The van der Waals surface area contributed by atoms with Crippen molar-refractivity contribution < 1.29 is 4.79 Å². The van der Waals surface area contributed by atoms with Crippen LogP contribution in [0.25, 0.3) is 5.69 Å². The smallest absolute Gasteiger partial charge is 0.257 e. The Labute approximate surface area is 142 Å². The molecule has 2 unspecified atom stereocenters. The topological polar surface area (TPSA) is 50.2 Å². The van der Waals surface area contributed by atoms with Gasteiger partial charge in [-0.05, 0) is 45.2 Å². The van der Waals surface area contributed by atoms with Gasteiger partial charge in [-0.15, -0.1) is 0 Å². The molecule has 5 heteroatoms. The van der Waals surface area contributed by atoms with Gasteiger partial charge in [0.05, 0.1) is 22.6 Å². The van der Waals surface area contributed by atoms with Gasteiger partial charge in [-0.2, -0.15) is 5.10 Å². The number of para-hydroxylation sites is 1. The van der Waals surface area contributed by atoms with Crippen molar-refractivity contribution in [3.63, 3.8) is 0 Å². The lowest BCUT2D eigenvalue weighted by molar-refractivity contribution is 0.0746. The Kier molecular flexibility index (Phi) is 3.88. The summed E-state index contributed by atoms with van der Waals surface area (Å²) in [5, 5.41) is 8.26. The van der Waals surface area contributed by atoms with Crippen LogP contribution in [-0.2, 0) is 0 Å². The van der Waals surface area contributed by atoms with Crippen molar-refractivity contribution in [2.75, 3.05) is 13.1 Å². The fraction of sp³-hybridized carbons (Fsp3) is 0.474.